The Hall–Kier alpha value is -1.30. The predicted octanol–water partition coefficient (Wildman–Crippen LogP) is 3.37. The van der Waals surface area contributed by atoms with Gasteiger partial charge in [-0.2, -0.15) is 11.8 Å². The van der Waals surface area contributed by atoms with Crippen molar-refractivity contribution in [1.29, 1.82) is 0 Å². The van der Waals surface area contributed by atoms with E-state index in [1.165, 1.54) is 0 Å². The zero-order chi connectivity index (χ0) is 15.2. The Labute approximate surface area is 128 Å². The van der Waals surface area contributed by atoms with Crippen molar-refractivity contribution in [3.63, 3.8) is 0 Å². The van der Waals surface area contributed by atoms with Crippen molar-refractivity contribution in [3.8, 4) is 0 Å². The van der Waals surface area contributed by atoms with Crippen molar-refractivity contribution < 1.29 is 13.6 Å². The van der Waals surface area contributed by atoms with E-state index in [2.05, 4.69) is 5.32 Å². The molecule has 0 spiro atoms. The van der Waals surface area contributed by atoms with Crippen LogP contribution in [0.25, 0.3) is 0 Å². The number of anilines is 1. The summed E-state index contributed by atoms with van der Waals surface area (Å²) in [6, 6.07) is 2.25. The van der Waals surface area contributed by atoms with Crippen molar-refractivity contribution in [2.24, 2.45) is 0 Å². The number of benzene rings is 1. The summed E-state index contributed by atoms with van der Waals surface area (Å²) in [5, 5.41) is 2.71. The molecule has 1 aromatic rings. The molecule has 1 aliphatic rings. The van der Waals surface area contributed by atoms with Gasteiger partial charge in [0, 0.05) is 31.0 Å². The van der Waals surface area contributed by atoms with Crippen LogP contribution in [0.1, 0.15) is 30.1 Å². The van der Waals surface area contributed by atoms with Crippen LogP contribution in [-0.4, -0.2) is 41.9 Å². The fourth-order valence-electron chi connectivity index (χ4n) is 2.25. The first-order valence-electron chi connectivity index (χ1n) is 7.23. The van der Waals surface area contributed by atoms with Crippen molar-refractivity contribution in [2.45, 2.75) is 19.8 Å². The van der Waals surface area contributed by atoms with E-state index in [0.29, 0.717) is 19.6 Å². The van der Waals surface area contributed by atoms with Crippen LogP contribution in [0.2, 0.25) is 0 Å². The number of thioether (sulfide) groups is 1. The van der Waals surface area contributed by atoms with E-state index in [-0.39, 0.29) is 17.2 Å². The zero-order valence-electron chi connectivity index (χ0n) is 12.1. The Bertz CT molecular complexity index is 479. The first-order chi connectivity index (χ1) is 10.1. The Morgan fingerprint density at radius 1 is 1.29 bits per heavy atom. The maximum Gasteiger partial charge on any atom is 0.254 e. The van der Waals surface area contributed by atoms with E-state index in [0.717, 1.165) is 36.5 Å². The molecule has 116 valence electrons. The molecule has 0 bridgehead atoms. The number of hydrogen-bond donors (Lipinski definition) is 1. The smallest absolute Gasteiger partial charge is 0.254 e. The highest BCUT2D eigenvalue weighted by molar-refractivity contribution is 7.99. The second kappa shape index (κ2) is 7.64. The van der Waals surface area contributed by atoms with E-state index in [1.54, 1.807) is 16.7 Å². The van der Waals surface area contributed by atoms with Gasteiger partial charge in [0.25, 0.3) is 5.91 Å². The maximum atomic E-state index is 14.0. The van der Waals surface area contributed by atoms with Gasteiger partial charge in [-0.15, -0.1) is 0 Å². The lowest BCUT2D eigenvalue weighted by Gasteiger charge is -2.20. The summed E-state index contributed by atoms with van der Waals surface area (Å²) in [4.78, 5) is 14.0. The Morgan fingerprint density at radius 2 is 2.00 bits per heavy atom. The second-order valence-electron chi connectivity index (χ2n) is 5.00. The summed E-state index contributed by atoms with van der Waals surface area (Å²) in [7, 11) is 0. The third-order valence-corrected chi connectivity index (χ3v) is 4.40. The van der Waals surface area contributed by atoms with Crippen LogP contribution in [-0.2, 0) is 0 Å². The number of carbonyl (C=O) groups is 1. The van der Waals surface area contributed by atoms with Gasteiger partial charge in [0.1, 0.15) is 17.3 Å². The quantitative estimate of drug-likeness (QED) is 0.925. The SMILES string of the molecule is CCCNc1c(F)cc(C(=O)N2CCCSCC2)cc1F. The van der Waals surface area contributed by atoms with Crippen LogP contribution in [0.5, 0.6) is 0 Å². The molecule has 1 amide bonds. The largest absolute Gasteiger partial charge is 0.380 e. The molecule has 0 radical (unpaired) electrons. The van der Waals surface area contributed by atoms with Crippen LogP contribution in [0.4, 0.5) is 14.5 Å². The van der Waals surface area contributed by atoms with Gasteiger partial charge >= 0.3 is 0 Å². The highest BCUT2D eigenvalue weighted by Crippen LogP contribution is 2.22. The average molecular weight is 314 g/mol. The minimum absolute atomic E-state index is 0.0824. The highest BCUT2D eigenvalue weighted by atomic mass is 32.2. The molecular weight excluding hydrogens is 294 g/mol. The molecule has 2 rings (SSSR count). The van der Waals surface area contributed by atoms with Gasteiger partial charge in [-0.25, -0.2) is 8.78 Å². The molecule has 0 unspecified atom stereocenters. The number of hydrogen-bond acceptors (Lipinski definition) is 3. The standard InChI is InChI=1S/C15H20F2N2OS/c1-2-4-18-14-12(16)9-11(10-13(14)17)15(20)19-5-3-7-21-8-6-19/h9-10,18H,2-8H2,1H3. The van der Waals surface area contributed by atoms with Crippen LogP contribution in [0, 0.1) is 11.6 Å². The third kappa shape index (κ3) is 4.09. The van der Waals surface area contributed by atoms with Crippen molar-refractivity contribution in [1.82, 2.24) is 4.90 Å². The Morgan fingerprint density at radius 3 is 2.67 bits per heavy atom. The van der Waals surface area contributed by atoms with Crippen LogP contribution in [0.3, 0.4) is 0 Å². The number of nitrogens with zero attached hydrogens (tertiary/aromatic N) is 1. The highest BCUT2D eigenvalue weighted by Gasteiger charge is 2.20. The van der Waals surface area contributed by atoms with Crippen molar-refractivity contribution in [2.75, 3.05) is 36.5 Å². The molecule has 1 heterocycles. The fourth-order valence-corrected chi connectivity index (χ4v) is 3.13. The molecule has 0 aromatic heterocycles. The Kier molecular flexibility index (Phi) is 5.85. The first-order valence-corrected chi connectivity index (χ1v) is 8.39. The minimum Gasteiger partial charge on any atom is -0.380 e. The van der Waals surface area contributed by atoms with E-state index < -0.39 is 11.6 Å². The number of amides is 1. The molecular formula is C15H20F2N2OS. The molecule has 0 atom stereocenters. The molecule has 1 aromatic carbocycles. The molecule has 1 N–H and O–H groups in total. The number of halogens is 2. The topological polar surface area (TPSA) is 32.3 Å². The van der Waals surface area contributed by atoms with Crippen LogP contribution < -0.4 is 5.32 Å². The van der Waals surface area contributed by atoms with Gasteiger partial charge in [-0.1, -0.05) is 6.92 Å². The van der Waals surface area contributed by atoms with Crippen LogP contribution >= 0.6 is 11.8 Å². The normalized spacial score (nSPS) is 15.7. The molecule has 0 aliphatic carbocycles. The first kappa shape index (κ1) is 16.1. The molecule has 1 aliphatic heterocycles. The zero-order valence-corrected chi connectivity index (χ0v) is 12.9. The summed E-state index contributed by atoms with van der Waals surface area (Å²) in [5.74, 6) is 0.170. The monoisotopic (exact) mass is 314 g/mol. The average Bonchev–Trinajstić information content (AvgIpc) is 2.74. The molecule has 1 fully saturated rings. The fraction of sp³-hybridized carbons (Fsp3) is 0.533. The lowest BCUT2D eigenvalue weighted by molar-refractivity contribution is 0.0767. The van der Waals surface area contributed by atoms with Crippen molar-refractivity contribution in [3.05, 3.63) is 29.3 Å². The molecule has 21 heavy (non-hydrogen) atoms. The molecule has 6 heteroatoms. The lowest BCUT2D eigenvalue weighted by atomic mass is 10.1. The van der Waals surface area contributed by atoms with Gasteiger partial charge in [-0.3, -0.25) is 4.79 Å². The van der Waals surface area contributed by atoms with E-state index in [4.69, 9.17) is 0 Å². The number of rotatable bonds is 4. The number of nitrogens with one attached hydrogen (secondary N) is 1. The van der Waals surface area contributed by atoms with E-state index in [9.17, 15) is 13.6 Å². The molecule has 1 saturated heterocycles. The number of carbonyl (C=O) groups excluding carboxylic acids is 1. The predicted molar refractivity (Wildman–Crippen MR) is 83.0 cm³/mol. The second-order valence-corrected chi connectivity index (χ2v) is 6.22. The summed E-state index contributed by atoms with van der Waals surface area (Å²) in [6.45, 7) is 3.68. The third-order valence-electron chi connectivity index (χ3n) is 3.35. The van der Waals surface area contributed by atoms with Gasteiger partial charge in [0.05, 0.1) is 0 Å². The summed E-state index contributed by atoms with van der Waals surface area (Å²) in [5.41, 5.74) is -0.0706. The molecule has 3 nitrogen and oxygen atoms in total. The van der Waals surface area contributed by atoms with Crippen molar-refractivity contribution >= 4 is 23.4 Å². The van der Waals surface area contributed by atoms with Gasteiger partial charge in [-0.05, 0) is 30.7 Å². The summed E-state index contributed by atoms with van der Waals surface area (Å²) >= 11 is 1.80. The maximum absolute atomic E-state index is 14.0. The van der Waals surface area contributed by atoms with Gasteiger partial charge < -0.3 is 10.2 Å². The van der Waals surface area contributed by atoms with Crippen LogP contribution in [0.15, 0.2) is 12.1 Å². The molecule has 0 saturated carbocycles. The van der Waals surface area contributed by atoms with E-state index in [1.807, 2.05) is 6.92 Å². The Balaban J connectivity index is 2.17. The van der Waals surface area contributed by atoms with Gasteiger partial charge in [0.2, 0.25) is 0 Å². The van der Waals surface area contributed by atoms with Gasteiger partial charge in [0.15, 0.2) is 0 Å². The lowest BCUT2D eigenvalue weighted by Crippen LogP contribution is -2.33. The minimum atomic E-state index is -0.712. The van der Waals surface area contributed by atoms with E-state index >= 15 is 0 Å². The summed E-state index contributed by atoms with van der Waals surface area (Å²) in [6.07, 6.45) is 1.68. The summed E-state index contributed by atoms with van der Waals surface area (Å²) < 4.78 is 27.9.